The number of ether oxygens (including phenoxy) is 1. The summed E-state index contributed by atoms with van der Waals surface area (Å²) in [7, 11) is -3.55. The molecule has 1 aromatic rings. The fraction of sp³-hybridized carbons (Fsp3) is 0.529. The average molecular weight is 357 g/mol. The Kier molecular flexibility index (Phi) is 6.01. The van der Waals surface area contributed by atoms with E-state index in [4.69, 9.17) is 4.74 Å². The summed E-state index contributed by atoms with van der Waals surface area (Å²) in [6, 6.07) is 4.13. The molecule has 1 saturated carbocycles. The minimum absolute atomic E-state index is 0.0835. The van der Waals surface area contributed by atoms with Crippen LogP contribution in [-0.4, -0.2) is 32.4 Å². The lowest BCUT2D eigenvalue weighted by molar-refractivity contribution is 0.0376. The highest BCUT2D eigenvalue weighted by Crippen LogP contribution is 2.32. The maximum atomic E-state index is 13.9. The van der Waals surface area contributed by atoms with Gasteiger partial charge >= 0.3 is 0 Å². The van der Waals surface area contributed by atoms with E-state index in [1.165, 1.54) is 24.3 Å². The van der Waals surface area contributed by atoms with Gasteiger partial charge in [0.25, 0.3) is 0 Å². The highest BCUT2D eigenvalue weighted by Gasteiger charge is 2.30. The topological polar surface area (TPSA) is 75.6 Å². The van der Waals surface area contributed by atoms with Gasteiger partial charge in [0.15, 0.2) is 11.6 Å². The Morgan fingerprint density at radius 2 is 2.21 bits per heavy atom. The largest absolute Gasteiger partial charge is 0.490 e. The smallest absolute Gasteiger partial charge is 0.215 e. The molecule has 0 aliphatic heterocycles. The summed E-state index contributed by atoms with van der Waals surface area (Å²) in [5.41, 5.74) is -1.03. The average Bonchev–Trinajstić information content (AvgIpc) is 3.36. The van der Waals surface area contributed by atoms with Crippen LogP contribution in [0.5, 0.6) is 5.75 Å². The van der Waals surface area contributed by atoms with Crippen LogP contribution in [0.1, 0.15) is 31.7 Å². The van der Waals surface area contributed by atoms with Gasteiger partial charge in [0.2, 0.25) is 10.0 Å². The Bertz CT molecular complexity index is 688. The molecule has 24 heavy (non-hydrogen) atoms. The third-order valence-corrected chi connectivity index (χ3v) is 5.41. The molecule has 1 fully saturated rings. The first-order chi connectivity index (χ1) is 11.3. The van der Waals surface area contributed by atoms with Crippen molar-refractivity contribution in [3.63, 3.8) is 0 Å². The molecule has 1 aliphatic carbocycles. The van der Waals surface area contributed by atoms with E-state index in [-0.39, 0.29) is 24.5 Å². The van der Waals surface area contributed by atoms with Gasteiger partial charge < -0.3 is 9.84 Å². The Morgan fingerprint density at radius 3 is 2.79 bits per heavy atom. The van der Waals surface area contributed by atoms with Crippen molar-refractivity contribution < 1.29 is 22.7 Å². The number of aliphatic hydroxyl groups is 1. The molecule has 7 heteroatoms. The minimum atomic E-state index is -3.55. The van der Waals surface area contributed by atoms with Crippen LogP contribution in [0, 0.1) is 11.7 Å². The van der Waals surface area contributed by atoms with E-state index < -0.39 is 21.4 Å². The van der Waals surface area contributed by atoms with Crippen LogP contribution in [0.25, 0.3) is 0 Å². The zero-order chi connectivity index (χ0) is 17.8. The predicted molar refractivity (Wildman–Crippen MR) is 90.8 cm³/mol. The molecule has 0 saturated heterocycles. The number of hydrogen-bond donors (Lipinski definition) is 2. The summed E-state index contributed by atoms with van der Waals surface area (Å²) in [5.74, 6) is -0.166. The van der Waals surface area contributed by atoms with E-state index in [0.717, 1.165) is 12.8 Å². The van der Waals surface area contributed by atoms with Crippen LogP contribution in [0.2, 0.25) is 0 Å². The monoisotopic (exact) mass is 357 g/mol. The molecule has 0 aromatic heterocycles. The molecule has 134 valence electrons. The molecule has 0 unspecified atom stereocenters. The quantitative estimate of drug-likeness (QED) is 0.630. The molecule has 0 bridgehead atoms. The van der Waals surface area contributed by atoms with Crippen LogP contribution in [0.4, 0.5) is 4.39 Å². The minimum Gasteiger partial charge on any atom is -0.490 e. The number of benzene rings is 1. The zero-order valence-electron chi connectivity index (χ0n) is 13.8. The second-order valence-corrected chi connectivity index (χ2v) is 8.03. The van der Waals surface area contributed by atoms with Crippen molar-refractivity contribution in [2.75, 3.05) is 18.9 Å². The van der Waals surface area contributed by atoms with Gasteiger partial charge in [-0.15, -0.1) is 6.58 Å². The maximum Gasteiger partial charge on any atom is 0.215 e. The summed E-state index contributed by atoms with van der Waals surface area (Å²) in [6.07, 6.45) is 3.71. The number of rotatable bonds is 10. The highest BCUT2D eigenvalue weighted by molar-refractivity contribution is 7.89. The lowest BCUT2D eigenvalue weighted by atomic mass is 9.91. The standard InChI is InChI=1S/C17H24FNO4S/c1-3-9-24(21,22)19-12-17(20,4-2)14-7-8-15(18)16(10-14)23-11-13-5-6-13/h3,7-8,10,13,19-20H,1,4-6,9,11-12H2,2H3/t17-/m1/s1. The molecule has 2 N–H and O–H groups in total. The predicted octanol–water partition coefficient (Wildman–Crippen LogP) is 2.32. The van der Waals surface area contributed by atoms with E-state index in [1.807, 2.05) is 0 Å². The van der Waals surface area contributed by atoms with Gasteiger partial charge in [-0.2, -0.15) is 0 Å². The number of hydrogen-bond acceptors (Lipinski definition) is 4. The van der Waals surface area contributed by atoms with Gasteiger partial charge in [-0.25, -0.2) is 17.5 Å². The molecule has 1 aliphatic rings. The van der Waals surface area contributed by atoms with Crippen LogP contribution in [0.15, 0.2) is 30.9 Å². The van der Waals surface area contributed by atoms with E-state index >= 15 is 0 Å². The second-order valence-electron chi connectivity index (χ2n) is 6.18. The van der Waals surface area contributed by atoms with Crippen LogP contribution in [0.3, 0.4) is 0 Å². The molecule has 0 spiro atoms. The molecule has 5 nitrogen and oxygen atoms in total. The van der Waals surface area contributed by atoms with Gasteiger partial charge in [0, 0.05) is 6.54 Å². The van der Waals surface area contributed by atoms with E-state index in [0.29, 0.717) is 18.1 Å². The first-order valence-corrected chi connectivity index (χ1v) is 9.68. The van der Waals surface area contributed by atoms with Crippen molar-refractivity contribution in [3.8, 4) is 5.75 Å². The van der Waals surface area contributed by atoms with Crippen molar-refractivity contribution >= 4 is 10.0 Å². The lowest BCUT2D eigenvalue weighted by Crippen LogP contribution is -2.41. The van der Waals surface area contributed by atoms with Crippen molar-refractivity contribution in [2.24, 2.45) is 5.92 Å². The van der Waals surface area contributed by atoms with Gasteiger partial charge in [-0.05, 0) is 42.9 Å². The molecule has 1 aromatic carbocycles. The fourth-order valence-electron chi connectivity index (χ4n) is 2.27. The van der Waals surface area contributed by atoms with Gasteiger partial charge in [0.1, 0.15) is 5.60 Å². The van der Waals surface area contributed by atoms with Crippen LogP contribution >= 0.6 is 0 Å². The molecule has 2 rings (SSSR count). The summed E-state index contributed by atoms with van der Waals surface area (Å²) in [5, 5.41) is 10.8. The van der Waals surface area contributed by atoms with Gasteiger partial charge in [-0.3, -0.25) is 0 Å². The van der Waals surface area contributed by atoms with Gasteiger partial charge in [-0.1, -0.05) is 19.1 Å². The van der Waals surface area contributed by atoms with Gasteiger partial charge in [0.05, 0.1) is 12.4 Å². The van der Waals surface area contributed by atoms with E-state index in [9.17, 15) is 17.9 Å². The Balaban J connectivity index is 2.15. The van der Waals surface area contributed by atoms with Crippen molar-refractivity contribution in [1.29, 1.82) is 0 Å². The first kappa shape index (κ1) is 18.9. The summed E-state index contributed by atoms with van der Waals surface area (Å²) >= 11 is 0. The molecule has 0 radical (unpaired) electrons. The third-order valence-electron chi connectivity index (χ3n) is 4.15. The number of halogens is 1. The molecular weight excluding hydrogens is 333 g/mol. The zero-order valence-corrected chi connectivity index (χ0v) is 14.6. The highest BCUT2D eigenvalue weighted by atomic mass is 32.2. The van der Waals surface area contributed by atoms with Crippen molar-refractivity contribution in [3.05, 3.63) is 42.2 Å². The maximum absolute atomic E-state index is 13.9. The summed E-state index contributed by atoms with van der Waals surface area (Å²) in [6.45, 7) is 5.38. The Labute approximate surface area is 142 Å². The molecule has 0 heterocycles. The SMILES string of the molecule is C=CCS(=O)(=O)NC[C@](O)(CC)c1ccc(F)c(OCC2CC2)c1. The summed E-state index contributed by atoms with van der Waals surface area (Å²) < 4.78 is 45.2. The lowest BCUT2D eigenvalue weighted by Gasteiger charge is -2.28. The second kappa shape index (κ2) is 7.63. The van der Waals surface area contributed by atoms with Crippen molar-refractivity contribution in [2.45, 2.75) is 31.8 Å². The van der Waals surface area contributed by atoms with Crippen molar-refractivity contribution in [1.82, 2.24) is 4.72 Å². The normalized spacial score (nSPS) is 17.3. The summed E-state index contributed by atoms with van der Waals surface area (Å²) in [4.78, 5) is 0. The Morgan fingerprint density at radius 1 is 1.50 bits per heavy atom. The fourth-order valence-corrected chi connectivity index (χ4v) is 3.16. The van der Waals surface area contributed by atoms with E-state index in [1.54, 1.807) is 6.92 Å². The van der Waals surface area contributed by atoms with Crippen LogP contribution < -0.4 is 9.46 Å². The number of sulfonamides is 1. The first-order valence-electron chi connectivity index (χ1n) is 8.03. The Hall–Kier alpha value is -1.44. The molecule has 1 atom stereocenters. The molecule has 0 amide bonds. The van der Waals surface area contributed by atoms with Crippen LogP contribution in [-0.2, 0) is 15.6 Å². The third kappa shape index (κ3) is 5.03. The van der Waals surface area contributed by atoms with E-state index in [2.05, 4.69) is 11.3 Å². The number of nitrogens with one attached hydrogen (secondary N) is 1. The molecular formula is C17H24FNO4S.